The minimum Gasteiger partial charge on any atom is -0.0654 e. The zero-order chi connectivity index (χ0) is 14.0. The molecule has 0 saturated heterocycles. The van der Waals surface area contributed by atoms with Crippen LogP contribution in [0.1, 0.15) is 92.9 Å². The zero-order valence-electron chi connectivity index (χ0n) is 14.0. The van der Waals surface area contributed by atoms with Gasteiger partial charge in [0.25, 0.3) is 0 Å². The van der Waals surface area contributed by atoms with Crippen LogP contribution in [0.25, 0.3) is 0 Å². The van der Waals surface area contributed by atoms with Crippen LogP contribution < -0.4 is 0 Å². The van der Waals surface area contributed by atoms with Crippen LogP contribution in [0.15, 0.2) is 0 Å². The Labute approximate surface area is 117 Å². The summed E-state index contributed by atoms with van der Waals surface area (Å²) in [4.78, 5) is 0. The summed E-state index contributed by atoms with van der Waals surface area (Å²) in [5, 5.41) is 0. The average molecular weight is 255 g/mol. The van der Waals surface area contributed by atoms with Gasteiger partial charge in [-0.25, -0.2) is 0 Å². The fraction of sp³-hybridized carbons (Fsp3) is 1.00. The van der Waals surface area contributed by atoms with E-state index in [0.717, 1.165) is 23.7 Å². The van der Waals surface area contributed by atoms with E-state index in [9.17, 15) is 0 Å². The van der Waals surface area contributed by atoms with Gasteiger partial charge in [0.1, 0.15) is 0 Å². The smallest absolute Gasteiger partial charge is 0.0415 e. The van der Waals surface area contributed by atoms with Crippen LogP contribution in [0.3, 0.4) is 0 Å². The maximum absolute atomic E-state index is 2.45. The molecule has 0 aromatic heterocycles. The molecule has 0 bridgehead atoms. The van der Waals surface area contributed by atoms with Gasteiger partial charge in [-0.3, -0.25) is 0 Å². The molecule has 0 aromatic rings. The zero-order valence-corrected chi connectivity index (χ0v) is 14.0. The molecule has 3 unspecified atom stereocenters. The third kappa shape index (κ3) is 9.97. The van der Waals surface area contributed by atoms with Crippen molar-refractivity contribution in [2.45, 2.75) is 92.9 Å². The molecule has 18 heavy (non-hydrogen) atoms. The summed E-state index contributed by atoms with van der Waals surface area (Å²) < 4.78 is 0. The van der Waals surface area contributed by atoms with Crippen molar-refractivity contribution in [2.75, 3.05) is 0 Å². The van der Waals surface area contributed by atoms with E-state index < -0.39 is 0 Å². The van der Waals surface area contributed by atoms with Crippen LogP contribution in [-0.4, -0.2) is 0 Å². The van der Waals surface area contributed by atoms with E-state index >= 15 is 0 Å². The summed E-state index contributed by atoms with van der Waals surface area (Å²) in [5.74, 6) is 3.63. The first-order valence-corrected chi connectivity index (χ1v) is 8.47. The maximum atomic E-state index is 2.45. The van der Waals surface area contributed by atoms with Gasteiger partial charge >= 0.3 is 0 Å². The third-order valence-electron chi connectivity index (χ3n) is 4.45. The molecular formula is C18H38. The maximum Gasteiger partial charge on any atom is -0.0415 e. The summed E-state index contributed by atoms with van der Waals surface area (Å²) in [6, 6.07) is 0. The molecule has 0 aliphatic carbocycles. The van der Waals surface area contributed by atoms with E-state index in [0.29, 0.717) is 0 Å². The second kappa shape index (κ2) is 10.9. The van der Waals surface area contributed by atoms with Gasteiger partial charge in [0, 0.05) is 0 Å². The van der Waals surface area contributed by atoms with Crippen molar-refractivity contribution < 1.29 is 0 Å². The summed E-state index contributed by atoms with van der Waals surface area (Å²) >= 11 is 0. The van der Waals surface area contributed by atoms with Crippen LogP contribution >= 0.6 is 0 Å². The van der Waals surface area contributed by atoms with Gasteiger partial charge in [-0.05, 0) is 30.1 Å². The van der Waals surface area contributed by atoms with Crippen LogP contribution in [0.5, 0.6) is 0 Å². The van der Waals surface area contributed by atoms with E-state index in [1.165, 1.54) is 51.4 Å². The van der Waals surface area contributed by atoms with Crippen molar-refractivity contribution >= 4 is 0 Å². The molecule has 0 spiro atoms. The summed E-state index contributed by atoms with van der Waals surface area (Å²) in [7, 11) is 0. The Kier molecular flexibility index (Phi) is 10.9. The lowest BCUT2D eigenvalue weighted by Gasteiger charge is -2.21. The summed E-state index contributed by atoms with van der Waals surface area (Å²) in [6.07, 6.45) is 11.4. The average Bonchev–Trinajstić information content (AvgIpc) is 2.27. The van der Waals surface area contributed by atoms with Gasteiger partial charge in [0.15, 0.2) is 0 Å². The minimum absolute atomic E-state index is 0.859. The Morgan fingerprint density at radius 3 is 1.83 bits per heavy atom. The van der Waals surface area contributed by atoms with E-state index in [1.807, 2.05) is 0 Å². The Morgan fingerprint density at radius 2 is 1.28 bits per heavy atom. The molecule has 0 rings (SSSR count). The van der Waals surface area contributed by atoms with Crippen molar-refractivity contribution in [1.29, 1.82) is 0 Å². The molecule has 3 atom stereocenters. The Bertz CT molecular complexity index is 171. The Balaban J connectivity index is 3.48. The van der Waals surface area contributed by atoms with Gasteiger partial charge in [0.2, 0.25) is 0 Å². The Hall–Kier alpha value is 0. The number of unbranched alkanes of at least 4 members (excludes halogenated alkanes) is 2. The standard InChI is InChI=1S/C18H38/c1-7-11-16(4)12-9-8-10-13-17(5)18(6)14-15(2)3/h15-18H,7-14H2,1-6H3. The van der Waals surface area contributed by atoms with Crippen LogP contribution in [-0.2, 0) is 0 Å². The van der Waals surface area contributed by atoms with Crippen molar-refractivity contribution in [3.05, 3.63) is 0 Å². The molecule has 0 nitrogen and oxygen atoms in total. The van der Waals surface area contributed by atoms with Gasteiger partial charge in [-0.2, -0.15) is 0 Å². The lowest BCUT2D eigenvalue weighted by atomic mass is 9.85. The van der Waals surface area contributed by atoms with Gasteiger partial charge in [0.05, 0.1) is 0 Å². The highest BCUT2D eigenvalue weighted by Crippen LogP contribution is 2.25. The molecule has 0 N–H and O–H groups in total. The largest absolute Gasteiger partial charge is 0.0654 e. The second-order valence-corrected chi connectivity index (χ2v) is 7.12. The topological polar surface area (TPSA) is 0 Å². The first kappa shape index (κ1) is 18.0. The quantitative estimate of drug-likeness (QED) is 0.360. The first-order chi connectivity index (χ1) is 8.47. The van der Waals surface area contributed by atoms with Gasteiger partial charge < -0.3 is 0 Å². The van der Waals surface area contributed by atoms with E-state index in [4.69, 9.17) is 0 Å². The van der Waals surface area contributed by atoms with Gasteiger partial charge in [-0.1, -0.05) is 86.5 Å². The normalized spacial score (nSPS) is 16.8. The molecule has 0 aliphatic heterocycles. The van der Waals surface area contributed by atoms with E-state index in [2.05, 4.69) is 41.5 Å². The van der Waals surface area contributed by atoms with Crippen molar-refractivity contribution in [2.24, 2.45) is 23.7 Å². The highest BCUT2D eigenvalue weighted by atomic mass is 14.2. The molecule has 0 fully saturated rings. The molecule has 0 heteroatoms. The SMILES string of the molecule is CCCC(C)CCCCCC(C)C(C)CC(C)C. The van der Waals surface area contributed by atoms with E-state index in [1.54, 1.807) is 0 Å². The molecule has 0 saturated carbocycles. The molecule has 0 heterocycles. The molecule has 0 amide bonds. The van der Waals surface area contributed by atoms with Crippen LogP contribution in [0.4, 0.5) is 0 Å². The van der Waals surface area contributed by atoms with Crippen molar-refractivity contribution in [3.8, 4) is 0 Å². The molecule has 0 aromatic carbocycles. The second-order valence-electron chi connectivity index (χ2n) is 7.12. The molecular weight excluding hydrogens is 216 g/mol. The van der Waals surface area contributed by atoms with E-state index in [-0.39, 0.29) is 0 Å². The highest BCUT2D eigenvalue weighted by Gasteiger charge is 2.13. The fourth-order valence-electron chi connectivity index (χ4n) is 3.03. The predicted molar refractivity (Wildman–Crippen MR) is 84.9 cm³/mol. The fourth-order valence-corrected chi connectivity index (χ4v) is 3.03. The lowest BCUT2D eigenvalue weighted by Crippen LogP contribution is -2.10. The number of hydrogen-bond acceptors (Lipinski definition) is 0. The molecule has 0 aliphatic rings. The Morgan fingerprint density at radius 1 is 0.667 bits per heavy atom. The van der Waals surface area contributed by atoms with Crippen molar-refractivity contribution in [3.63, 3.8) is 0 Å². The van der Waals surface area contributed by atoms with Gasteiger partial charge in [-0.15, -0.1) is 0 Å². The number of hydrogen-bond donors (Lipinski definition) is 0. The van der Waals surface area contributed by atoms with Crippen molar-refractivity contribution in [1.82, 2.24) is 0 Å². The molecule has 110 valence electrons. The third-order valence-corrected chi connectivity index (χ3v) is 4.45. The highest BCUT2D eigenvalue weighted by molar-refractivity contribution is 4.64. The summed E-state index contributed by atoms with van der Waals surface area (Å²) in [6.45, 7) is 14.3. The predicted octanol–water partition coefficient (Wildman–Crippen LogP) is 6.69. The van der Waals surface area contributed by atoms with Crippen LogP contribution in [0, 0.1) is 23.7 Å². The molecule has 0 radical (unpaired) electrons. The first-order valence-electron chi connectivity index (χ1n) is 8.47. The minimum atomic E-state index is 0.859. The summed E-state index contributed by atoms with van der Waals surface area (Å²) in [5.41, 5.74) is 0. The van der Waals surface area contributed by atoms with Crippen LogP contribution in [0.2, 0.25) is 0 Å². The lowest BCUT2D eigenvalue weighted by molar-refractivity contribution is 0.299. The number of rotatable bonds is 11. The monoisotopic (exact) mass is 254 g/mol.